The van der Waals surface area contributed by atoms with Crippen LogP contribution in [0.4, 0.5) is 5.69 Å². The Kier molecular flexibility index (Phi) is 2.59. The zero-order chi connectivity index (χ0) is 11.5. The Morgan fingerprint density at radius 2 is 2.31 bits per heavy atom. The van der Waals surface area contributed by atoms with Crippen LogP contribution in [-0.4, -0.2) is 22.7 Å². The summed E-state index contributed by atoms with van der Waals surface area (Å²) in [5.41, 5.74) is 7.68. The molecule has 0 bridgehead atoms. The van der Waals surface area contributed by atoms with Crippen LogP contribution in [0.25, 0.3) is 5.69 Å². The molecule has 0 saturated carbocycles. The molecule has 3 N–H and O–H groups in total. The van der Waals surface area contributed by atoms with Crippen molar-refractivity contribution in [2.45, 2.75) is 0 Å². The SMILES string of the molecule is CNC(=O)c1ccc(-n2cccn2)c(N)c1. The number of anilines is 1. The summed E-state index contributed by atoms with van der Waals surface area (Å²) in [5, 5.41) is 6.62. The molecule has 5 nitrogen and oxygen atoms in total. The van der Waals surface area contributed by atoms with Crippen molar-refractivity contribution in [3.63, 3.8) is 0 Å². The van der Waals surface area contributed by atoms with Gasteiger partial charge in [-0.1, -0.05) is 0 Å². The third kappa shape index (κ3) is 1.75. The number of carbonyl (C=O) groups excluding carboxylic acids is 1. The van der Waals surface area contributed by atoms with Crippen LogP contribution in [0.2, 0.25) is 0 Å². The molecule has 1 heterocycles. The third-order valence-corrected chi connectivity index (χ3v) is 2.27. The van der Waals surface area contributed by atoms with E-state index in [9.17, 15) is 4.79 Å². The largest absolute Gasteiger partial charge is 0.397 e. The first-order valence-corrected chi connectivity index (χ1v) is 4.84. The second-order valence-electron chi connectivity index (χ2n) is 3.30. The number of aromatic nitrogens is 2. The molecule has 0 saturated heterocycles. The molecule has 0 aliphatic rings. The van der Waals surface area contributed by atoms with Crippen molar-refractivity contribution in [3.05, 3.63) is 42.2 Å². The van der Waals surface area contributed by atoms with E-state index >= 15 is 0 Å². The van der Waals surface area contributed by atoms with E-state index in [4.69, 9.17) is 5.73 Å². The van der Waals surface area contributed by atoms with Gasteiger partial charge in [-0.3, -0.25) is 4.79 Å². The van der Waals surface area contributed by atoms with Crippen LogP contribution in [-0.2, 0) is 0 Å². The lowest BCUT2D eigenvalue weighted by Gasteiger charge is -2.07. The second-order valence-corrected chi connectivity index (χ2v) is 3.30. The van der Waals surface area contributed by atoms with E-state index in [0.29, 0.717) is 11.3 Å². The molecule has 1 amide bonds. The molecule has 5 heteroatoms. The van der Waals surface area contributed by atoms with Crippen molar-refractivity contribution in [3.8, 4) is 5.69 Å². The predicted octanol–water partition coefficient (Wildman–Crippen LogP) is 0.814. The molecule has 0 radical (unpaired) electrons. The van der Waals surface area contributed by atoms with Crippen molar-refractivity contribution in [1.29, 1.82) is 0 Å². The highest BCUT2D eigenvalue weighted by Crippen LogP contribution is 2.17. The van der Waals surface area contributed by atoms with Crippen LogP contribution >= 0.6 is 0 Å². The number of hydrogen-bond donors (Lipinski definition) is 2. The third-order valence-electron chi connectivity index (χ3n) is 2.27. The number of benzene rings is 1. The molecule has 16 heavy (non-hydrogen) atoms. The molecule has 0 fully saturated rings. The molecule has 0 aliphatic heterocycles. The standard InChI is InChI=1S/C11H12N4O/c1-13-11(16)8-3-4-10(9(12)7-8)15-6-2-5-14-15/h2-7H,12H2,1H3,(H,13,16). The van der Waals surface area contributed by atoms with Crippen LogP contribution in [0.5, 0.6) is 0 Å². The summed E-state index contributed by atoms with van der Waals surface area (Å²) in [6, 6.07) is 6.93. The van der Waals surface area contributed by atoms with Crippen LogP contribution < -0.4 is 11.1 Å². The summed E-state index contributed by atoms with van der Waals surface area (Å²) >= 11 is 0. The van der Waals surface area contributed by atoms with Crippen molar-refractivity contribution >= 4 is 11.6 Å². The normalized spacial score (nSPS) is 10.1. The first kappa shape index (κ1) is 10.2. The highest BCUT2D eigenvalue weighted by Gasteiger charge is 2.07. The molecule has 82 valence electrons. The van der Waals surface area contributed by atoms with Crippen molar-refractivity contribution in [2.75, 3.05) is 12.8 Å². The summed E-state index contributed by atoms with van der Waals surface area (Å²) < 4.78 is 1.66. The van der Waals surface area contributed by atoms with Gasteiger partial charge in [0.15, 0.2) is 0 Å². The quantitative estimate of drug-likeness (QED) is 0.730. The Morgan fingerprint density at radius 3 is 2.88 bits per heavy atom. The number of nitrogens with zero attached hydrogens (tertiary/aromatic N) is 2. The lowest BCUT2D eigenvalue weighted by atomic mass is 10.1. The van der Waals surface area contributed by atoms with Crippen LogP contribution in [0.3, 0.4) is 0 Å². The Bertz CT molecular complexity index is 505. The minimum atomic E-state index is -0.154. The predicted molar refractivity (Wildman–Crippen MR) is 61.4 cm³/mol. The number of nitrogens with one attached hydrogen (secondary N) is 1. The summed E-state index contributed by atoms with van der Waals surface area (Å²) in [4.78, 5) is 11.4. The summed E-state index contributed by atoms with van der Waals surface area (Å²) in [6.45, 7) is 0. The minimum absolute atomic E-state index is 0.154. The minimum Gasteiger partial charge on any atom is -0.397 e. The topological polar surface area (TPSA) is 72.9 Å². The second kappa shape index (κ2) is 4.06. The van der Waals surface area contributed by atoms with Gasteiger partial charge in [-0.2, -0.15) is 5.10 Å². The van der Waals surface area contributed by atoms with Crippen molar-refractivity contribution in [2.24, 2.45) is 0 Å². The maximum absolute atomic E-state index is 11.4. The summed E-state index contributed by atoms with van der Waals surface area (Å²) in [6.07, 6.45) is 3.47. The number of nitrogen functional groups attached to an aromatic ring is 1. The molecule has 1 aromatic heterocycles. The maximum Gasteiger partial charge on any atom is 0.251 e. The van der Waals surface area contributed by atoms with E-state index in [2.05, 4.69) is 10.4 Å². The van der Waals surface area contributed by atoms with E-state index in [1.54, 1.807) is 42.3 Å². The van der Waals surface area contributed by atoms with E-state index in [-0.39, 0.29) is 5.91 Å². The van der Waals surface area contributed by atoms with Gasteiger partial charge in [0, 0.05) is 25.0 Å². The van der Waals surface area contributed by atoms with Gasteiger partial charge >= 0.3 is 0 Å². The summed E-state index contributed by atoms with van der Waals surface area (Å²) in [5.74, 6) is -0.154. The van der Waals surface area contributed by atoms with Gasteiger partial charge in [-0.05, 0) is 24.3 Å². The maximum atomic E-state index is 11.4. The molecule has 0 aliphatic carbocycles. The van der Waals surface area contributed by atoms with Crippen molar-refractivity contribution in [1.82, 2.24) is 15.1 Å². The Balaban J connectivity index is 2.41. The lowest BCUT2D eigenvalue weighted by molar-refractivity contribution is 0.0963. The number of amides is 1. The highest BCUT2D eigenvalue weighted by molar-refractivity contribution is 5.95. The smallest absolute Gasteiger partial charge is 0.251 e. The fraction of sp³-hybridized carbons (Fsp3) is 0.0909. The molecule has 2 rings (SSSR count). The van der Waals surface area contributed by atoms with Crippen LogP contribution in [0.15, 0.2) is 36.7 Å². The van der Waals surface area contributed by atoms with Gasteiger partial charge in [-0.25, -0.2) is 4.68 Å². The molecular formula is C11H12N4O. The summed E-state index contributed by atoms with van der Waals surface area (Å²) in [7, 11) is 1.58. The Hall–Kier alpha value is -2.30. The monoisotopic (exact) mass is 216 g/mol. The zero-order valence-electron chi connectivity index (χ0n) is 8.84. The van der Waals surface area contributed by atoms with Crippen LogP contribution in [0, 0.1) is 0 Å². The number of carbonyl (C=O) groups is 1. The van der Waals surface area contributed by atoms with Gasteiger partial charge in [0.05, 0.1) is 11.4 Å². The van der Waals surface area contributed by atoms with Gasteiger partial charge in [0.25, 0.3) is 5.91 Å². The van der Waals surface area contributed by atoms with Gasteiger partial charge in [-0.15, -0.1) is 0 Å². The van der Waals surface area contributed by atoms with E-state index in [1.807, 2.05) is 6.07 Å². The number of rotatable bonds is 2. The number of hydrogen-bond acceptors (Lipinski definition) is 3. The van der Waals surface area contributed by atoms with Crippen molar-refractivity contribution < 1.29 is 4.79 Å². The van der Waals surface area contributed by atoms with Gasteiger partial charge < -0.3 is 11.1 Å². The Morgan fingerprint density at radius 1 is 1.50 bits per heavy atom. The molecule has 0 atom stereocenters. The fourth-order valence-electron chi connectivity index (χ4n) is 1.46. The number of nitrogens with two attached hydrogens (primary N) is 1. The molecule has 1 aromatic carbocycles. The lowest BCUT2D eigenvalue weighted by Crippen LogP contribution is -2.18. The average Bonchev–Trinajstić information content (AvgIpc) is 2.81. The molecule has 2 aromatic rings. The molecular weight excluding hydrogens is 204 g/mol. The van der Waals surface area contributed by atoms with Crippen LogP contribution in [0.1, 0.15) is 10.4 Å². The van der Waals surface area contributed by atoms with E-state index in [1.165, 1.54) is 0 Å². The first-order chi connectivity index (χ1) is 7.72. The van der Waals surface area contributed by atoms with E-state index < -0.39 is 0 Å². The van der Waals surface area contributed by atoms with E-state index in [0.717, 1.165) is 5.69 Å². The zero-order valence-corrected chi connectivity index (χ0v) is 8.84. The first-order valence-electron chi connectivity index (χ1n) is 4.84. The average molecular weight is 216 g/mol. The highest BCUT2D eigenvalue weighted by atomic mass is 16.1. The molecule has 0 unspecified atom stereocenters. The Labute approximate surface area is 92.9 Å². The fourth-order valence-corrected chi connectivity index (χ4v) is 1.46. The van der Waals surface area contributed by atoms with Gasteiger partial charge in [0.1, 0.15) is 0 Å². The molecule has 0 spiro atoms. The van der Waals surface area contributed by atoms with Gasteiger partial charge in [0.2, 0.25) is 0 Å².